The van der Waals surface area contributed by atoms with Crippen LogP contribution < -0.4 is 0 Å². The third-order valence-electron chi connectivity index (χ3n) is 11.4. The van der Waals surface area contributed by atoms with Crippen LogP contribution in [-0.4, -0.2) is 37.2 Å². The average molecular weight is 779 g/mol. The Balaban J connectivity index is 4.25. The van der Waals surface area contributed by atoms with Crippen molar-refractivity contribution in [1.29, 1.82) is 0 Å². The minimum Gasteiger partial charge on any atom is -0.462 e. The van der Waals surface area contributed by atoms with Crippen LogP contribution in [0, 0.1) is 5.92 Å². The summed E-state index contributed by atoms with van der Waals surface area (Å²) in [4.78, 5) is 37.7. The summed E-state index contributed by atoms with van der Waals surface area (Å²) in [6.07, 6.45) is 43.7. The van der Waals surface area contributed by atoms with Crippen molar-refractivity contribution in [2.75, 3.05) is 13.2 Å². The van der Waals surface area contributed by atoms with Crippen molar-refractivity contribution < 1.29 is 28.6 Å². The highest BCUT2D eigenvalue weighted by molar-refractivity contribution is 5.71. The molecule has 0 heterocycles. The Kier molecular flexibility index (Phi) is 42.3. The molecule has 55 heavy (non-hydrogen) atoms. The molecule has 0 radical (unpaired) electrons. The van der Waals surface area contributed by atoms with Gasteiger partial charge in [0, 0.05) is 19.3 Å². The molecule has 326 valence electrons. The van der Waals surface area contributed by atoms with E-state index in [1.807, 2.05) is 0 Å². The van der Waals surface area contributed by atoms with Gasteiger partial charge in [-0.3, -0.25) is 14.4 Å². The highest BCUT2D eigenvalue weighted by Crippen LogP contribution is 2.17. The van der Waals surface area contributed by atoms with Crippen LogP contribution in [0.3, 0.4) is 0 Å². The van der Waals surface area contributed by atoms with Crippen molar-refractivity contribution in [2.24, 2.45) is 5.92 Å². The van der Waals surface area contributed by atoms with Crippen LogP contribution in [0.1, 0.15) is 272 Å². The highest BCUT2D eigenvalue weighted by atomic mass is 16.6. The van der Waals surface area contributed by atoms with Gasteiger partial charge in [-0.05, 0) is 25.2 Å². The molecule has 0 rings (SSSR count). The predicted molar refractivity (Wildman–Crippen MR) is 233 cm³/mol. The van der Waals surface area contributed by atoms with Crippen molar-refractivity contribution in [3.05, 3.63) is 0 Å². The molecule has 0 aliphatic heterocycles. The number of carbonyl (C=O) groups excluding carboxylic acids is 3. The van der Waals surface area contributed by atoms with Gasteiger partial charge in [-0.1, -0.05) is 233 Å². The van der Waals surface area contributed by atoms with Gasteiger partial charge in [-0.2, -0.15) is 0 Å². The summed E-state index contributed by atoms with van der Waals surface area (Å²) in [5.41, 5.74) is 0. The number of rotatable bonds is 44. The van der Waals surface area contributed by atoms with Crippen LogP contribution in [0.25, 0.3) is 0 Å². The van der Waals surface area contributed by atoms with E-state index in [0.29, 0.717) is 19.3 Å². The number of ether oxygens (including phenoxy) is 3. The first-order valence-electron chi connectivity index (χ1n) is 24.4. The Hall–Kier alpha value is -1.59. The molecule has 0 amide bonds. The van der Waals surface area contributed by atoms with E-state index in [0.717, 1.165) is 63.7 Å². The van der Waals surface area contributed by atoms with Gasteiger partial charge < -0.3 is 14.2 Å². The number of carbonyl (C=O) groups is 3. The average Bonchev–Trinajstić information content (AvgIpc) is 3.18. The van der Waals surface area contributed by atoms with E-state index >= 15 is 0 Å². The molecule has 2 atom stereocenters. The second kappa shape index (κ2) is 43.5. The monoisotopic (exact) mass is 779 g/mol. The van der Waals surface area contributed by atoms with Gasteiger partial charge in [0.2, 0.25) is 0 Å². The van der Waals surface area contributed by atoms with E-state index in [2.05, 4.69) is 27.7 Å². The third kappa shape index (κ3) is 41.9. The molecule has 0 aromatic rings. The fraction of sp³-hybridized carbons (Fsp3) is 0.939. The second-order valence-electron chi connectivity index (χ2n) is 17.0. The second-order valence-corrected chi connectivity index (χ2v) is 17.0. The number of esters is 3. The van der Waals surface area contributed by atoms with Crippen LogP contribution in [0.2, 0.25) is 0 Å². The molecule has 0 bridgehead atoms. The molecule has 0 saturated heterocycles. The molecule has 0 aromatic heterocycles. The lowest BCUT2D eigenvalue weighted by Crippen LogP contribution is -2.30. The van der Waals surface area contributed by atoms with E-state index in [-0.39, 0.29) is 31.1 Å². The van der Waals surface area contributed by atoms with Crippen molar-refractivity contribution >= 4 is 17.9 Å². The van der Waals surface area contributed by atoms with E-state index < -0.39 is 6.10 Å². The lowest BCUT2D eigenvalue weighted by atomic mass is 9.99. The minimum atomic E-state index is -0.758. The van der Waals surface area contributed by atoms with Crippen LogP contribution in [0.15, 0.2) is 0 Å². The van der Waals surface area contributed by atoms with E-state index in [4.69, 9.17) is 14.2 Å². The maximum Gasteiger partial charge on any atom is 0.306 e. The van der Waals surface area contributed by atoms with Crippen molar-refractivity contribution in [2.45, 2.75) is 278 Å². The Bertz CT molecular complexity index is 828. The maximum atomic E-state index is 12.7. The Labute approximate surface area is 342 Å². The summed E-state index contributed by atoms with van der Waals surface area (Å²) in [6, 6.07) is 0. The first-order chi connectivity index (χ1) is 26.9. The molecule has 6 nitrogen and oxygen atoms in total. The largest absolute Gasteiger partial charge is 0.462 e. The Morgan fingerprint density at radius 3 is 0.945 bits per heavy atom. The lowest BCUT2D eigenvalue weighted by molar-refractivity contribution is -0.167. The van der Waals surface area contributed by atoms with Crippen LogP contribution in [0.5, 0.6) is 0 Å². The summed E-state index contributed by atoms with van der Waals surface area (Å²) in [7, 11) is 0. The molecule has 0 aliphatic carbocycles. The molecule has 6 heteroatoms. The first kappa shape index (κ1) is 53.4. The molecule has 0 fully saturated rings. The quantitative estimate of drug-likeness (QED) is 0.0348. The van der Waals surface area contributed by atoms with E-state index in [1.54, 1.807) is 0 Å². The summed E-state index contributed by atoms with van der Waals surface area (Å²) in [6.45, 7) is 9.03. The summed E-state index contributed by atoms with van der Waals surface area (Å²) >= 11 is 0. The van der Waals surface area contributed by atoms with Gasteiger partial charge >= 0.3 is 17.9 Å². The summed E-state index contributed by atoms with van der Waals surface area (Å²) in [5.74, 6) is 0.0416. The molecular formula is C49H94O6. The SMILES string of the molecule is CCCCCCCCCCCCC(=O)OC[C@H](COC(=O)CCCCCCCCCCC)OC(=O)CCCCCCCCCCCCCCCCC(C)CC. The van der Waals surface area contributed by atoms with Crippen molar-refractivity contribution in [3.63, 3.8) is 0 Å². The van der Waals surface area contributed by atoms with Gasteiger partial charge in [0.1, 0.15) is 13.2 Å². The van der Waals surface area contributed by atoms with Gasteiger partial charge in [-0.25, -0.2) is 0 Å². The van der Waals surface area contributed by atoms with Crippen LogP contribution in [0.4, 0.5) is 0 Å². The van der Waals surface area contributed by atoms with Gasteiger partial charge in [0.05, 0.1) is 0 Å². The highest BCUT2D eigenvalue weighted by Gasteiger charge is 2.19. The molecule has 0 aliphatic rings. The predicted octanol–water partition coefficient (Wildman–Crippen LogP) is 15.5. The first-order valence-corrected chi connectivity index (χ1v) is 24.4. The summed E-state index contributed by atoms with van der Waals surface area (Å²) in [5, 5.41) is 0. The topological polar surface area (TPSA) is 78.9 Å². The maximum absolute atomic E-state index is 12.7. The zero-order valence-corrected chi connectivity index (χ0v) is 37.4. The van der Waals surface area contributed by atoms with Gasteiger partial charge in [0.15, 0.2) is 6.10 Å². The molecule has 0 N–H and O–H groups in total. The fourth-order valence-electron chi connectivity index (χ4n) is 7.30. The normalized spacial score (nSPS) is 12.4. The number of hydrogen-bond donors (Lipinski definition) is 0. The fourth-order valence-corrected chi connectivity index (χ4v) is 7.30. The van der Waals surface area contributed by atoms with E-state index in [1.165, 1.54) is 167 Å². The van der Waals surface area contributed by atoms with E-state index in [9.17, 15) is 14.4 Å². The Morgan fingerprint density at radius 1 is 0.364 bits per heavy atom. The molecule has 0 spiro atoms. The van der Waals surface area contributed by atoms with Crippen molar-refractivity contribution in [1.82, 2.24) is 0 Å². The Morgan fingerprint density at radius 2 is 0.636 bits per heavy atom. The zero-order valence-electron chi connectivity index (χ0n) is 37.4. The zero-order chi connectivity index (χ0) is 40.3. The van der Waals surface area contributed by atoms with Crippen molar-refractivity contribution in [3.8, 4) is 0 Å². The third-order valence-corrected chi connectivity index (χ3v) is 11.4. The smallest absolute Gasteiger partial charge is 0.306 e. The molecule has 0 aromatic carbocycles. The minimum absolute atomic E-state index is 0.0635. The van der Waals surface area contributed by atoms with Crippen LogP contribution >= 0.6 is 0 Å². The molecule has 0 saturated carbocycles. The van der Waals surface area contributed by atoms with Crippen LogP contribution in [-0.2, 0) is 28.6 Å². The number of hydrogen-bond acceptors (Lipinski definition) is 6. The lowest BCUT2D eigenvalue weighted by Gasteiger charge is -2.18. The number of unbranched alkanes of at least 4 members (excludes halogenated alkanes) is 30. The van der Waals surface area contributed by atoms with Gasteiger partial charge in [-0.15, -0.1) is 0 Å². The standard InChI is InChI=1S/C49H94O6/c1-5-8-10-12-14-16-25-29-33-37-41-48(51)54-44-46(43-53-47(50)40-36-32-28-23-15-13-11-9-6-2)55-49(52)42-38-34-30-26-22-20-18-17-19-21-24-27-31-35-39-45(4)7-3/h45-46H,5-44H2,1-4H3/t45?,46-/m0/s1. The summed E-state index contributed by atoms with van der Waals surface area (Å²) < 4.78 is 16.7. The molecular weight excluding hydrogens is 685 g/mol. The van der Waals surface area contributed by atoms with Gasteiger partial charge in [0.25, 0.3) is 0 Å². The molecule has 1 unspecified atom stereocenters.